The zero-order valence-electron chi connectivity index (χ0n) is 24.2. The lowest BCUT2D eigenvalue weighted by Gasteiger charge is -2.35. The Balaban J connectivity index is 1.43. The molecule has 0 saturated heterocycles. The molecule has 0 amide bonds. The first-order valence-corrected chi connectivity index (χ1v) is 15.2. The molecule has 0 N–H and O–H groups in total. The first-order valence-electron chi connectivity index (χ1n) is 13.8. The highest BCUT2D eigenvalue weighted by Gasteiger charge is 2.27. The lowest BCUT2D eigenvalue weighted by molar-refractivity contribution is -0.213. The maximum Gasteiger partial charge on any atom is 0.243 e. The topological polar surface area (TPSA) is 85.3 Å². The highest BCUT2D eigenvalue weighted by atomic mass is 32.2. The molecule has 0 fully saturated rings. The van der Waals surface area contributed by atoms with Crippen LogP contribution >= 0.6 is 0 Å². The average Bonchev–Trinajstić information content (AvgIpc) is 3.15. The first-order chi connectivity index (χ1) is 19.0. The van der Waals surface area contributed by atoms with Crippen molar-refractivity contribution in [2.75, 3.05) is 26.7 Å². The van der Waals surface area contributed by atoms with E-state index in [2.05, 4.69) is 42.8 Å². The molecule has 0 spiro atoms. The fraction of sp³-hybridized carbons (Fsp3) is 0.406. The Hall–Kier alpha value is -3.20. The van der Waals surface area contributed by atoms with Gasteiger partial charge in [-0.15, -0.1) is 0 Å². The summed E-state index contributed by atoms with van der Waals surface area (Å²) >= 11 is 0. The summed E-state index contributed by atoms with van der Waals surface area (Å²) in [6.45, 7) is 10.9. The van der Waals surface area contributed by atoms with E-state index in [1.54, 1.807) is 29.6 Å². The number of ether oxygens (including phenoxy) is 1. The lowest BCUT2D eigenvalue weighted by Crippen LogP contribution is -2.42. The monoisotopic (exact) mass is 562 g/mol. The third kappa shape index (κ3) is 7.30. The normalized spacial score (nSPS) is 15.1. The molecule has 40 heavy (non-hydrogen) atoms. The van der Waals surface area contributed by atoms with Gasteiger partial charge >= 0.3 is 0 Å². The highest BCUT2D eigenvalue weighted by Crippen LogP contribution is 2.26. The van der Waals surface area contributed by atoms with E-state index < -0.39 is 10.0 Å². The van der Waals surface area contributed by atoms with Crippen LogP contribution in [0.1, 0.15) is 55.0 Å². The first kappa shape index (κ1) is 29.8. The van der Waals surface area contributed by atoms with Crippen molar-refractivity contribution in [2.24, 2.45) is 4.99 Å². The molecule has 0 aliphatic carbocycles. The highest BCUT2D eigenvalue weighted by molar-refractivity contribution is 7.89. The minimum atomic E-state index is -3.59. The van der Waals surface area contributed by atoms with E-state index in [0.29, 0.717) is 43.1 Å². The number of aliphatic imine (C=N–C) groups is 1. The van der Waals surface area contributed by atoms with E-state index in [1.807, 2.05) is 43.3 Å². The quantitative estimate of drug-likeness (QED) is 0.282. The number of aryl methyl sites for hydroxylation is 2. The molecule has 0 radical (unpaired) electrons. The van der Waals surface area contributed by atoms with Crippen LogP contribution in [-0.2, 0) is 29.5 Å². The van der Waals surface area contributed by atoms with E-state index in [0.717, 1.165) is 35.4 Å². The Morgan fingerprint density at radius 1 is 1.02 bits per heavy atom. The fourth-order valence-electron chi connectivity index (χ4n) is 4.89. The van der Waals surface area contributed by atoms with E-state index in [-0.39, 0.29) is 11.4 Å². The summed E-state index contributed by atoms with van der Waals surface area (Å²) in [5.41, 5.74) is 4.60. The third-order valence-electron chi connectivity index (χ3n) is 7.42. The number of nitrogens with zero attached hydrogens (tertiary/aromatic N) is 3. The number of benzene rings is 3. The Bertz CT molecular complexity index is 1430. The van der Waals surface area contributed by atoms with Crippen LogP contribution in [0.5, 0.6) is 5.75 Å². The SMILES string of the molecule is COc1ccc(CN(CCN=C([O-])c2ccc3c(c2)CCCN(S(=O)(=O)c2ccc(C)cc2)C3)C(C)(C)C)cc1. The molecule has 0 atom stereocenters. The zero-order valence-corrected chi connectivity index (χ0v) is 25.0. The predicted octanol–water partition coefficient (Wildman–Crippen LogP) is 4.55. The minimum Gasteiger partial charge on any atom is -0.858 e. The predicted molar refractivity (Wildman–Crippen MR) is 158 cm³/mol. The number of rotatable bonds is 9. The maximum atomic E-state index is 13.3. The van der Waals surface area contributed by atoms with Crippen LogP contribution in [0.4, 0.5) is 0 Å². The molecule has 1 aliphatic rings. The van der Waals surface area contributed by atoms with Crippen LogP contribution in [0.2, 0.25) is 0 Å². The van der Waals surface area contributed by atoms with E-state index in [9.17, 15) is 13.5 Å². The lowest BCUT2D eigenvalue weighted by atomic mass is 10.0. The van der Waals surface area contributed by atoms with Gasteiger partial charge in [0.1, 0.15) is 5.75 Å². The summed E-state index contributed by atoms with van der Waals surface area (Å²) in [7, 11) is -1.94. The van der Waals surface area contributed by atoms with Crippen LogP contribution in [0.25, 0.3) is 0 Å². The molecule has 8 heteroatoms. The molecule has 0 aromatic heterocycles. The second-order valence-corrected chi connectivity index (χ2v) is 13.3. The Morgan fingerprint density at radius 2 is 1.73 bits per heavy atom. The zero-order chi connectivity index (χ0) is 28.9. The van der Waals surface area contributed by atoms with Gasteiger partial charge in [-0.1, -0.05) is 48.0 Å². The molecule has 3 aromatic rings. The van der Waals surface area contributed by atoms with Gasteiger partial charge in [0.05, 0.1) is 18.6 Å². The van der Waals surface area contributed by atoms with Gasteiger partial charge in [-0.05, 0) is 93.0 Å². The van der Waals surface area contributed by atoms with Gasteiger partial charge in [-0.3, -0.25) is 9.89 Å². The van der Waals surface area contributed by atoms with Crippen molar-refractivity contribution < 1.29 is 18.3 Å². The summed E-state index contributed by atoms with van der Waals surface area (Å²) in [6, 6.07) is 20.5. The molecular weight excluding hydrogens is 522 g/mol. The number of methoxy groups -OCH3 is 1. The van der Waals surface area contributed by atoms with Crippen molar-refractivity contribution in [3.05, 3.63) is 94.5 Å². The van der Waals surface area contributed by atoms with Crippen LogP contribution in [-0.4, -0.2) is 55.8 Å². The molecule has 0 bridgehead atoms. The average molecular weight is 563 g/mol. The van der Waals surface area contributed by atoms with Crippen molar-refractivity contribution in [3.63, 3.8) is 0 Å². The second kappa shape index (κ2) is 12.5. The van der Waals surface area contributed by atoms with Gasteiger partial charge < -0.3 is 9.84 Å². The van der Waals surface area contributed by atoms with Gasteiger partial charge in [0.25, 0.3) is 0 Å². The largest absolute Gasteiger partial charge is 0.858 e. The molecule has 4 rings (SSSR count). The molecule has 0 saturated carbocycles. The number of hydrogen-bond donors (Lipinski definition) is 0. The van der Waals surface area contributed by atoms with Gasteiger partial charge in [-0.25, -0.2) is 8.42 Å². The van der Waals surface area contributed by atoms with Gasteiger partial charge in [-0.2, -0.15) is 4.31 Å². The van der Waals surface area contributed by atoms with Gasteiger partial charge in [0.15, 0.2) is 0 Å². The molecule has 1 heterocycles. The molecule has 3 aromatic carbocycles. The van der Waals surface area contributed by atoms with Crippen molar-refractivity contribution in [3.8, 4) is 5.75 Å². The van der Waals surface area contributed by atoms with Crippen LogP contribution in [0.15, 0.2) is 76.6 Å². The summed E-state index contributed by atoms with van der Waals surface area (Å²) in [4.78, 5) is 7.00. The van der Waals surface area contributed by atoms with Gasteiger partial charge in [0, 0.05) is 31.7 Å². The van der Waals surface area contributed by atoms with E-state index >= 15 is 0 Å². The number of sulfonamides is 1. The van der Waals surface area contributed by atoms with Crippen molar-refractivity contribution in [1.29, 1.82) is 0 Å². The van der Waals surface area contributed by atoms with Crippen LogP contribution < -0.4 is 9.84 Å². The fourth-order valence-corrected chi connectivity index (χ4v) is 6.35. The smallest absolute Gasteiger partial charge is 0.243 e. The van der Waals surface area contributed by atoms with Crippen molar-refractivity contribution in [2.45, 2.75) is 64.1 Å². The third-order valence-corrected chi connectivity index (χ3v) is 9.28. The summed E-state index contributed by atoms with van der Waals surface area (Å²) in [6.07, 6.45) is 1.41. The van der Waals surface area contributed by atoms with Gasteiger partial charge in [0.2, 0.25) is 10.0 Å². The Kier molecular flexibility index (Phi) is 9.33. The minimum absolute atomic E-state index is 0.0899. The molecule has 0 unspecified atom stereocenters. The summed E-state index contributed by atoms with van der Waals surface area (Å²) in [5.74, 6) is 0.586. The summed E-state index contributed by atoms with van der Waals surface area (Å²) in [5, 5.41) is 13.0. The van der Waals surface area contributed by atoms with E-state index in [4.69, 9.17) is 4.74 Å². The molecule has 7 nitrogen and oxygen atoms in total. The molecular formula is C32H40N3O4S-. The van der Waals surface area contributed by atoms with E-state index in [1.165, 1.54) is 5.56 Å². The van der Waals surface area contributed by atoms with Crippen LogP contribution in [0, 0.1) is 6.92 Å². The Morgan fingerprint density at radius 3 is 2.38 bits per heavy atom. The maximum absolute atomic E-state index is 13.3. The second-order valence-electron chi connectivity index (χ2n) is 11.4. The Labute approximate surface area is 239 Å². The molecule has 1 aliphatic heterocycles. The number of hydrogen-bond acceptors (Lipinski definition) is 6. The molecule has 214 valence electrons. The van der Waals surface area contributed by atoms with Crippen molar-refractivity contribution in [1.82, 2.24) is 9.21 Å². The summed E-state index contributed by atoms with van der Waals surface area (Å²) < 4.78 is 33.3. The standard InChI is InChI=1S/C32H41N3O4S/c1-24-8-16-30(17-9-24)40(37,38)35-19-6-7-26-21-27(12-13-28(26)23-35)31(36)33-18-20-34(32(2,3)4)22-25-10-14-29(39-5)15-11-25/h8-17,21H,6-7,18-20,22-23H2,1-5H3,(H,33,36)/p-1. The number of fused-ring (bicyclic) bond motifs is 1. The van der Waals surface area contributed by atoms with Crippen molar-refractivity contribution >= 4 is 15.9 Å². The van der Waals surface area contributed by atoms with Crippen LogP contribution in [0.3, 0.4) is 0 Å².